The van der Waals surface area contributed by atoms with Gasteiger partial charge in [0.2, 0.25) is 5.88 Å². The molecule has 3 aromatic rings. The molecule has 0 saturated carbocycles. The number of halogens is 1. The van der Waals surface area contributed by atoms with Crippen LogP contribution < -0.4 is 10.5 Å². The first-order chi connectivity index (χ1) is 10.2. The maximum absolute atomic E-state index is 5.98. The Labute approximate surface area is 129 Å². The molecule has 0 radical (unpaired) electrons. The summed E-state index contributed by atoms with van der Waals surface area (Å²) < 4.78 is 11.6. The second-order valence-corrected chi connectivity index (χ2v) is 5.17. The molecule has 6 heteroatoms. The van der Waals surface area contributed by atoms with Crippen LogP contribution in [0.15, 0.2) is 51.6 Å². The summed E-state index contributed by atoms with van der Waals surface area (Å²) in [4.78, 5) is 4.18. The lowest BCUT2D eigenvalue weighted by Crippen LogP contribution is -1.93. The van der Waals surface area contributed by atoms with Gasteiger partial charge >= 0.3 is 0 Å². The van der Waals surface area contributed by atoms with Crippen LogP contribution in [0.1, 0.15) is 0 Å². The quantitative estimate of drug-likeness (QED) is 0.782. The molecule has 0 atom stereocenters. The highest BCUT2D eigenvalue weighted by Gasteiger charge is 2.22. The summed E-state index contributed by atoms with van der Waals surface area (Å²) in [6, 6.07) is 11.4. The fourth-order valence-corrected chi connectivity index (χ4v) is 2.62. The van der Waals surface area contributed by atoms with Crippen molar-refractivity contribution in [1.82, 2.24) is 10.1 Å². The molecule has 5 nitrogen and oxygen atoms in total. The van der Waals surface area contributed by atoms with Crippen LogP contribution in [0.3, 0.4) is 0 Å². The number of ether oxygens (including phenoxy) is 1. The first-order valence-electron chi connectivity index (χ1n) is 6.21. The molecule has 3 rings (SSSR count). The van der Waals surface area contributed by atoms with Crippen molar-refractivity contribution in [3.05, 3.63) is 47.1 Å². The molecule has 106 valence electrons. The number of nitrogens with zero attached hydrogens (tertiary/aromatic N) is 2. The molecular weight excluding hydrogens is 334 g/mol. The average Bonchev–Trinajstić information content (AvgIpc) is 2.89. The zero-order valence-electron chi connectivity index (χ0n) is 11.2. The van der Waals surface area contributed by atoms with Gasteiger partial charge in [0.15, 0.2) is 11.6 Å². The lowest BCUT2D eigenvalue weighted by Gasteiger charge is -2.07. The van der Waals surface area contributed by atoms with E-state index >= 15 is 0 Å². The van der Waals surface area contributed by atoms with Crippen molar-refractivity contribution in [3.63, 3.8) is 0 Å². The summed E-state index contributed by atoms with van der Waals surface area (Å²) in [6.07, 6.45) is 1.65. The highest BCUT2D eigenvalue weighted by atomic mass is 79.9. The number of pyridine rings is 1. The molecule has 0 bridgehead atoms. The van der Waals surface area contributed by atoms with E-state index in [1.807, 2.05) is 30.3 Å². The van der Waals surface area contributed by atoms with Crippen LogP contribution in [0.2, 0.25) is 0 Å². The fraction of sp³-hybridized carbons (Fsp3) is 0.0667. The Morgan fingerprint density at radius 2 is 1.90 bits per heavy atom. The van der Waals surface area contributed by atoms with E-state index in [2.05, 4.69) is 26.1 Å². The van der Waals surface area contributed by atoms with Crippen molar-refractivity contribution < 1.29 is 9.26 Å². The molecule has 0 aliphatic heterocycles. The summed E-state index contributed by atoms with van der Waals surface area (Å²) in [5, 5.41) is 3.88. The van der Waals surface area contributed by atoms with Gasteiger partial charge in [0.25, 0.3) is 0 Å². The normalized spacial score (nSPS) is 10.6. The maximum atomic E-state index is 5.98. The SMILES string of the molecule is COc1ncccc1-c1onc(N)c1-c1ccccc1Br. The van der Waals surface area contributed by atoms with E-state index in [1.54, 1.807) is 19.4 Å². The second-order valence-electron chi connectivity index (χ2n) is 4.31. The summed E-state index contributed by atoms with van der Waals surface area (Å²) in [5.74, 6) is 1.31. The zero-order chi connectivity index (χ0) is 14.8. The summed E-state index contributed by atoms with van der Waals surface area (Å²) in [6.45, 7) is 0. The first kappa shape index (κ1) is 13.6. The van der Waals surface area contributed by atoms with Gasteiger partial charge in [-0.3, -0.25) is 0 Å². The third-order valence-electron chi connectivity index (χ3n) is 3.07. The van der Waals surface area contributed by atoms with Gasteiger partial charge in [-0.25, -0.2) is 4.98 Å². The Bertz CT molecular complexity index is 786. The molecule has 21 heavy (non-hydrogen) atoms. The molecule has 2 heterocycles. The molecule has 0 fully saturated rings. The van der Waals surface area contributed by atoms with Crippen molar-refractivity contribution in [1.29, 1.82) is 0 Å². The Balaban J connectivity index is 2.25. The average molecular weight is 346 g/mol. The predicted octanol–water partition coefficient (Wildman–Crippen LogP) is 3.76. The van der Waals surface area contributed by atoms with E-state index in [0.29, 0.717) is 28.6 Å². The van der Waals surface area contributed by atoms with Crippen molar-refractivity contribution in [2.45, 2.75) is 0 Å². The summed E-state index contributed by atoms with van der Waals surface area (Å²) >= 11 is 3.52. The molecule has 0 saturated heterocycles. The van der Waals surface area contributed by atoms with Crippen LogP contribution in [0, 0.1) is 0 Å². The number of hydrogen-bond acceptors (Lipinski definition) is 5. The molecule has 0 unspecified atom stereocenters. The Hall–Kier alpha value is -2.34. The van der Waals surface area contributed by atoms with Gasteiger partial charge in [0, 0.05) is 16.2 Å². The number of anilines is 1. The minimum Gasteiger partial charge on any atom is -0.480 e. The maximum Gasteiger partial charge on any atom is 0.224 e. The van der Waals surface area contributed by atoms with E-state index in [-0.39, 0.29) is 0 Å². The third-order valence-corrected chi connectivity index (χ3v) is 3.76. The summed E-state index contributed by atoms with van der Waals surface area (Å²) in [7, 11) is 1.56. The predicted molar refractivity (Wildman–Crippen MR) is 83.8 cm³/mol. The van der Waals surface area contributed by atoms with Crippen molar-refractivity contribution >= 4 is 21.7 Å². The second kappa shape index (κ2) is 5.57. The van der Waals surface area contributed by atoms with E-state index < -0.39 is 0 Å². The van der Waals surface area contributed by atoms with Gasteiger partial charge in [-0.05, 0) is 18.2 Å². The zero-order valence-corrected chi connectivity index (χ0v) is 12.8. The number of hydrogen-bond donors (Lipinski definition) is 1. The van der Waals surface area contributed by atoms with Gasteiger partial charge in [0.1, 0.15) is 0 Å². The largest absolute Gasteiger partial charge is 0.480 e. The molecule has 0 aliphatic carbocycles. The number of nitrogen functional groups attached to an aromatic ring is 1. The van der Waals surface area contributed by atoms with E-state index in [1.165, 1.54) is 0 Å². The molecule has 1 aromatic carbocycles. The van der Waals surface area contributed by atoms with Gasteiger partial charge in [-0.1, -0.05) is 39.3 Å². The van der Waals surface area contributed by atoms with Crippen LogP contribution in [-0.2, 0) is 0 Å². The molecular formula is C15H12BrN3O2. The molecule has 2 N–H and O–H groups in total. The lowest BCUT2D eigenvalue weighted by atomic mass is 10.0. The van der Waals surface area contributed by atoms with E-state index in [0.717, 1.165) is 10.0 Å². The van der Waals surface area contributed by atoms with Gasteiger partial charge in [-0.15, -0.1) is 0 Å². The van der Waals surface area contributed by atoms with Crippen molar-refractivity contribution in [2.24, 2.45) is 0 Å². The standard InChI is InChI=1S/C15H12BrN3O2/c1-20-15-10(6-4-8-18-15)13-12(14(17)19-21-13)9-5-2-3-7-11(9)16/h2-8H,1H3,(H2,17,19). The lowest BCUT2D eigenvalue weighted by molar-refractivity contribution is 0.393. The number of aromatic nitrogens is 2. The smallest absolute Gasteiger partial charge is 0.224 e. The minimum absolute atomic E-state index is 0.322. The highest BCUT2D eigenvalue weighted by molar-refractivity contribution is 9.10. The number of benzene rings is 1. The number of methoxy groups -OCH3 is 1. The van der Waals surface area contributed by atoms with Gasteiger partial charge in [-0.2, -0.15) is 0 Å². The Morgan fingerprint density at radius 3 is 2.67 bits per heavy atom. The fourth-order valence-electron chi connectivity index (χ4n) is 2.14. The third kappa shape index (κ3) is 2.38. The molecule has 0 aliphatic rings. The van der Waals surface area contributed by atoms with E-state index in [4.69, 9.17) is 15.0 Å². The molecule has 0 spiro atoms. The Kier molecular flexibility index (Phi) is 3.62. The number of nitrogens with two attached hydrogens (primary N) is 1. The molecule has 2 aromatic heterocycles. The first-order valence-corrected chi connectivity index (χ1v) is 7.01. The van der Waals surface area contributed by atoms with Crippen molar-refractivity contribution in [3.8, 4) is 28.3 Å². The minimum atomic E-state index is 0.322. The Morgan fingerprint density at radius 1 is 1.14 bits per heavy atom. The van der Waals surface area contributed by atoms with Crippen LogP contribution in [0.5, 0.6) is 5.88 Å². The van der Waals surface area contributed by atoms with Crippen LogP contribution in [-0.4, -0.2) is 17.3 Å². The van der Waals surface area contributed by atoms with Crippen LogP contribution in [0.4, 0.5) is 5.82 Å². The monoisotopic (exact) mass is 345 g/mol. The highest BCUT2D eigenvalue weighted by Crippen LogP contribution is 2.41. The van der Waals surface area contributed by atoms with Gasteiger partial charge in [0.05, 0.1) is 18.2 Å². The van der Waals surface area contributed by atoms with Gasteiger partial charge < -0.3 is 15.0 Å². The van der Waals surface area contributed by atoms with Crippen LogP contribution in [0.25, 0.3) is 22.5 Å². The van der Waals surface area contributed by atoms with E-state index in [9.17, 15) is 0 Å². The molecule has 0 amide bonds. The topological polar surface area (TPSA) is 74.2 Å². The summed E-state index contributed by atoms with van der Waals surface area (Å²) in [5.41, 5.74) is 8.30. The van der Waals surface area contributed by atoms with Crippen LogP contribution >= 0.6 is 15.9 Å². The number of rotatable bonds is 3. The van der Waals surface area contributed by atoms with Crippen molar-refractivity contribution in [2.75, 3.05) is 12.8 Å².